The molecule has 2 aliphatic rings. The van der Waals surface area contributed by atoms with E-state index in [9.17, 15) is 4.79 Å². The molecule has 0 aromatic heterocycles. The Kier molecular flexibility index (Phi) is 3.50. The molecule has 0 radical (unpaired) electrons. The zero-order valence-corrected chi connectivity index (χ0v) is 11.1. The van der Waals surface area contributed by atoms with Crippen LogP contribution in [0.1, 0.15) is 32.6 Å². The maximum atomic E-state index is 12.2. The number of amides is 1. The first-order chi connectivity index (χ1) is 7.60. The van der Waals surface area contributed by atoms with Crippen LogP contribution in [0.3, 0.4) is 0 Å². The lowest BCUT2D eigenvalue weighted by atomic mass is 9.80. The molecule has 1 aliphatic heterocycles. The molecule has 1 saturated heterocycles. The molecule has 0 bridgehead atoms. The monoisotopic (exact) mass is 242 g/mol. The third kappa shape index (κ3) is 2.54. The van der Waals surface area contributed by atoms with Gasteiger partial charge in [-0.2, -0.15) is 11.8 Å². The lowest BCUT2D eigenvalue weighted by Crippen LogP contribution is -2.47. The van der Waals surface area contributed by atoms with Crippen LogP contribution in [-0.4, -0.2) is 36.5 Å². The molecular weight excluding hydrogens is 220 g/mol. The predicted octanol–water partition coefficient (Wildman–Crippen LogP) is 1.39. The van der Waals surface area contributed by atoms with Gasteiger partial charge in [0, 0.05) is 16.7 Å². The van der Waals surface area contributed by atoms with Gasteiger partial charge in [0.25, 0.3) is 0 Å². The van der Waals surface area contributed by atoms with E-state index in [-0.39, 0.29) is 11.3 Å². The predicted molar refractivity (Wildman–Crippen MR) is 68.7 cm³/mol. The van der Waals surface area contributed by atoms with Gasteiger partial charge in [-0.25, -0.2) is 0 Å². The topological polar surface area (TPSA) is 41.1 Å². The van der Waals surface area contributed by atoms with Gasteiger partial charge < -0.3 is 10.6 Å². The highest BCUT2D eigenvalue weighted by Crippen LogP contribution is 2.46. The fourth-order valence-electron chi connectivity index (χ4n) is 2.25. The second kappa shape index (κ2) is 4.57. The molecule has 0 aromatic carbocycles. The zero-order chi connectivity index (χ0) is 11.6. The Bertz CT molecular complexity index is 270. The number of hydrogen-bond donors (Lipinski definition) is 2. The summed E-state index contributed by atoms with van der Waals surface area (Å²) in [7, 11) is 0. The van der Waals surface area contributed by atoms with Crippen molar-refractivity contribution in [3.8, 4) is 0 Å². The van der Waals surface area contributed by atoms with Gasteiger partial charge in [-0.05, 0) is 45.0 Å². The van der Waals surface area contributed by atoms with Gasteiger partial charge in [0.1, 0.15) is 0 Å². The molecule has 2 N–H and O–H groups in total. The molecule has 0 atom stereocenters. The molecule has 2 rings (SSSR count). The van der Waals surface area contributed by atoms with Gasteiger partial charge in [0.05, 0.1) is 0 Å². The number of carbonyl (C=O) groups is 1. The number of hydrogen-bond acceptors (Lipinski definition) is 3. The standard InChI is InChI=1S/C12H22N2OS/c1-11(5-7-13-8-6-11)10(15)14-9-12(16-2)3-4-12/h13H,3-9H2,1-2H3,(H,14,15). The molecule has 0 spiro atoms. The summed E-state index contributed by atoms with van der Waals surface area (Å²) in [5, 5.41) is 6.47. The summed E-state index contributed by atoms with van der Waals surface area (Å²) < 4.78 is 0.374. The first kappa shape index (κ1) is 12.2. The SMILES string of the molecule is CSC1(CNC(=O)C2(C)CCNCC2)CC1. The normalized spacial score (nSPS) is 26.1. The molecule has 16 heavy (non-hydrogen) atoms. The van der Waals surface area contributed by atoms with Crippen molar-refractivity contribution in [1.29, 1.82) is 0 Å². The zero-order valence-electron chi connectivity index (χ0n) is 10.3. The van der Waals surface area contributed by atoms with Crippen molar-refractivity contribution >= 4 is 17.7 Å². The molecule has 0 unspecified atom stereocenters. The summed E-state index contributed by atoms with van der Waals surface area (Å²) >= 11 is 1.90. The van der Waals surface area contributed by atoms with E-state index in [1.165, 1.54) is 12.8 Å². The smallest absolute Gasteiger partial charge is 0.226 e. The maximum absolute atomic E-state index is 12.2. The Labute approximate surface area is 102 Å². The van der Waals surface area contributed by atoms with Gasteiger partial charge in [-0.3, -0.25) is 4.79 Å². The summed E-state index contributed by atoms with van der Waals surface area (Å²) in [6, 6.07) is 0. The van der Waals surface area contributed by atoms with Crippen molar-refractivity contribution in [2.75, 3.05) is 25.9 Å². The summed E-state index contributed by atoms with van der Waals surface area (Å²) in [4.78, 5) is 12.2. The van der Waals surface area contributed by atoms with Crippen molar-refractivity contribution in [3.63, 3.8) is 0 Å². The van der Waals surface area contributed by atoms with Crippen LogP contribution < -0.4 is 10.6 Å². The number of nitrogens with one attached hydrogen (secondary N) is 2. The summed E-state index contributed by atoms with van der Waals surface area (Å²) in [6.45, 7) is 4.90. The van der Waals surface area contributed by atoms with Gasteiger partial charge in [0.15, 0.2) is 0 Å². The minimum atomic E-state index is -0.139. The third-order valence-corrected chi connectivity index (χ3v) is 5.49. The van der Waals surface area contributed by atoms with Gasteiger partial charge in [-0.1, -0.05) is 6.92 Å². The van der Waals surface area contributed by atoms with Crippen LogP contribution in [0.5, 0.6) is 0 Å². The van der Waals surface area contributed by atoms with Gasteiger partial charge >= 0.3 is 0 Å². The highest BCUT2D eigenvalue weighted by atomic mass is 32.2. The van der Waals surface area contributed by atoms with E-state index in [0.717, 1.165) is 32.5 Å². The van der Waals surface area contributed by atoms with Gasteiger partial charge in [0.2, 0.25) is 5.91 Å². The van der Waals surface area contributed by atoms with Crippen LogP contribution in [0.4, 0.5) is 0 Å². The molecule has 1 amide bonds. The Balaban J connectivity index is 1.82. The van der Waals surface area contributed by atoms with E-state index >= 15 is 0 Å². The summed E-state index contributed by atoms with van der Waals surface area (Å²) in [5.74, 6) is 0.259. The van der Waals surface area contributed by atoms with Crippen molar-refractivity contribution in [1.82, 2.24) is 10.6 Å². The molecule has 3 nitrogen and oxygen atoms in total. The highest BCUT2D eigenvalue weighted by Gasteiger charge is 2.43. The van der Waals surface area contributed by atoms with E-state index in [4.69, 9.17) is 0 Å². The second-order valence-corrected chi connectivity index (χ2v) is 6.65. The van der Waals surface area contributed by atoms with E-state index < -0.39 is 0 Å². The molecule has 4 heteroatoms. The second-order valence-electron chi connectivity index (χ2n) is 5.38. The van der Waals surface area contributed by atoms with Crippen LogP contribution in [0.2, 0.25) is 0 Å². The van der Waals surface area contributed by atoms with Crippen LogP contribution in [0.15, 0.2) is 0 Å². The molecule has 1 saturated carbocycles. The molecule has 1 heterocycles. The van der Waals surface area contributed by atoms with Crippen molar-refractivity contribution < 1.29 is 4.79 Å². The molecule has 0 aromatic rings. The summed E-state index contributed by atoms with van der Waals surface area (Å²) in [5.41, 5.74) is -0.139. The number of carbonyl (C=O) groups excluding carboxylic acids is 1. The quantitative estimate of drug-likeness (QED) is 0.783. The van der Waals surface area contributed by atoms with Crippen LogP contribution in [0, 0.1) is 5.41 Å². The van der Waals surface area contributed by atoms with Crippen LogP contribution in [-0.2, 0) is 4.79 Å². The van der Waals surface area contributed by atoms with Crippen LogP contribution >= 0.6 is 11.8 Å². The average Bonchev–Trinajstić information content (AvgIpc) is 3.07. The molecule has 92 valence electrons. The van der Waals surface area contributed by atoms with Crippen LogP contribution in [0.25, 0.3) is 0 Å². The molecule has 2 fully saturated rings. The first-order valence-electron chi connectivity index (χ1n) is 6.14. The van der Waals surface area contributed by atoms with Gasteiger partial charge in [-0.15, -0.1) is 0 Å². The first-order valence-corrected chi connectivity index (χ1v) is 7.37. The van der Waals surface area contributed by atoms with E-state index in [1.54, 1.807) is 0 Å². The number of thioether (sulfide) groups is 1. The highest BCUT2D eigenvalue weighted by molar-refractivity contribution is 8.00. The molecular formula is C12H22N2OS. The largest absolute Gasteiger partial charge is 0.354 e. The minimum Gasteiger partial charge on any atom is -0.354 e. The van der Waals surface area contributed by atoms with E-state index in [1.807, 2.05) is 11.8 Å². The Morgan fingerprint density at radius 3 is 2.44 bits per heavy atom. The Hall–Kier alpha value is -0.220. The minimum absolute atomic E-state index is 0.139. The third-order valence-electron chi connectivity index (χ3n) is 4.07. The lowest BCUT2D eigenvalue weighted by Gasteiger charge is -2.33. The molecule has 1 aliphatic carbocycles. The van der Waals surface area contributed by atoms with E-state index in [2.05, 4.69) is 23.8 Å². The van der Waals surface area contributed by atoms with Crippen molar-refractivity contribution in [2.45, 2.75) is 37.4 Å². The lowest BCUT2D eigenvalue weighted by molar-refractivity contribution is -0.131. The number of rotatable bonds is 4. The Morgan fingerprint density at radius 1 is 1.31 bits per heavy atom. The fourth-order valence-corrected chi connectivity index (χ4v) is 2.98. The number of piperidine rings is 1. The van der Waals surface area contributed by atoms with E-state index in [0.29, 0.717) is 4.75 Å². The van der Waals surface area contributed by atoms with Crippen molar-refractivity contribution in [3.05, 3.63) is 0 Å². The fraction of sp³-hybridized carbons (Fsp3) is 0.917. The van der Waals surface area contributed by atoms with Crippen molar-refractivity contribution in [2.24, 2.45) is 5.41 Å². The Morgan fingerprint density at radius 2 is 1.94 bits per heavy atom. The summed E-state index contributed by atoms with van der Waals surface area (Å²) in [6.07, 6.45) is 6.58. The maximum Gasteiger partial charge on any atom is 0.226 e. The average molecular weight is 242 g/mol.